The third kappa shape index (κ3) is 1.85. The van der Waals surface area contributed by atoms with Crippen LogP contribution in [0.3, 0.4) is 0 Å². The van der Waals surface area contributed by atoms with Gasteiger partial charge in [-0.05, 0) is 24.3 Å². The maximum Gasteiger partial charge on any atom is 0.179 e. The van der Waals surface area contributed by atoms with Gasteiger partial charge in [0.15, 0.2) is 17.8 Å². The molecule has 1 saturated carbocycles. The van der Waals surface area contributed by atoms with E-state index in [9.17, 15) is 9.50 Å². The normalized spacial score (nSPS) is 26.5. The van der Waals surface area contributed by atoms with Crippen LogP contribution in [-0.2, 0) is 0 Å². The van der Waals surface area contributed by atoms with Crippen molar-refractivity contribution in [2.45, 2.75) is 37.6 Å². The number of halogens is 1. The molecule has 104 valence electrons. The Morgan fingerprint density at radius 3 is 2.70 bits per heavy atom. The Labute approximate surface area is 116 Å². The summed E-state index contributed by atoms with van der Waals surface area (Å²) >= 11 is 0. The molecule has 0 bridgehead atoms. The summed E-state index contributed by atoms with van der Waals surface area (Å²) in [6.07, 6.45) is 0.641. The number of benzene rings is 1. The first kappa shape index (κ1) is 12.0. The highest BCUT2D eigenvalue weighted by Gasteiger charge is 2.39. The average Bonchev–Trinajstić information content (AvgIpc) is 3.15. The van der Waals surface area contributed by atoms with E-state index in [1.807, 2.05) is 30.3 Å². The molecule has 2 aliphatic rings. The molecule has 1 unspecified atom stereocenters. The van der Waals surface area contributed by atoms with Gasteiger partial charge in [0.05, 0.1) is 6.04 Å². The van der Waals surface area contributed by atoms with E-state index in [1.165, 1.54) is 0 Å². The lowest BCUT2D eigenvalue weighted by Crippen LogP contribution is -2.09. The number of fused-ring (bicyclic) bond motifs is 1. The minimum atomic E-state index is -1.10. The first-order valence-corrected chi connectivity index (χ1v) is 7.07. The van der Waals surface area contributed by atoms with E-state index in [4.69, 9.17) is 0 Å². The molecule has 20 heavy (non-hydrogen) atoms. The second-order valence-electron chi connectivity index (χ2n) is 5.68. The van der Waals surface area contributed by atoms with Crippen molar-refractivity contribution in [3.8, 4) is 0 Å². The molecule has 0 radical (unpaired) electrons. The number of nitrogens with zero attached hydrogens (tertiary/aromatic N) is 3. The smallest absolute Gasteiger partial charge is 0.179 e. The van der Waals surface area contributed by atoms with E-state index in [-0.39, 0.29) is 12.0 Å². The van der Waals surface area contributed by atoms with Crippen LogP contribution in [0.25, 0.3) is 0 Å². The fourth-order valence-corrected chi connectivity index (χ4v) is 2.90. The summed E-state index contributed by atoms with van der Waals surface area (Å²) < 4.78 is 15.8. The molecule has 1 aromatic heterocycles. The Morgan fingerprint density at radius 1 is 1.25 bits per heavy atom. The molecule has 0 saturated heterocycles. The molecule has 0 spiro atoms. The van der Waals surface area contributed by atoms with Gasteiger partial charge in [-0.1, -0.05) is 30.3 Å². The molecule has 4 nitrogen and oxygen atoms in total. The standard InChI is InChI=1S/C15H16FN3O/c16-11-8-12(9-4-2-1-3-5-9)19-15(11)17-14(18-19)13(20)10-6-7-10/h1-5,10-13,20H,6-8H2/t11-,12-,13?/m0/s1. The van der Waals surface area contributed by atoms with Crippen molar-refractivity contribution in [2.75, 3.05) is 0 Å². The van der Waals surface area contributed by atoms with Crippen molar-refractivity contribution in [3.63, 3.8) is 0 Å². The van der Waals surface area contributed by atoms with E-state index in [0.717, 1.165) is 18.4 Å². The predicted octanol–water partition coefficient (Wildman–Crippen LogP) is 2.73. The summed E-state index contributed by atoms with van der Waals surface area (Å²) in [4.78, 5) is 4.24. The summed E-state index contributed by atoms with van der Waals surface area (Å²) in [7, 11) is 0. The highest BCUT2D eigenvalue weighted by molar-refractivity contribution is 5.23. The Balaban J connectivity index is 1.71. The fourth-order valence-electron chi connectivity index (χ4n) is 2.90. The lowest BCUT2D eigenvalue weighted by molar-refractivity contribution is 0.143. The molecule has 2 aromatic rings. The molecule has 1 fully saturated rings. The van der Waals surface area contributed by atoms with Crippen LogP contribution >= 0.6 is 0 Å². The molecule has 5 heteroatoms. The van der Waals surface area contributed by atoms with Crippen LogP contribution in [0.2, 0.25) is 0 Å². The Kier molecular flexibility index (Phi) is 2.63. The van der Waals surface area contributed by atoms with Gasteiger partial charge in [-0.15, -0.1) is 0 Å². The zero-order valence-corrected chi connectivity index (χ0v) is 11.0. The fraction of sp³-hybridized carbons (Fsp3) is 0.467. The van der Waals surface area contributed by atoms with Crippen LogP contribution in [-0.4, -0.2) is 19.9 Å². The third-order valence-electron chi connectivity index (χ3n) is 4.20. The highest BCUT2D eigenvalue weighted by atomic mass is 19.1. The second-order valence-corrected chi connectivity index (χ2v) is 5.68. The summed E-state index contributed by atoms with van der Waals surface area (Å²) in [6, 6.07) is 9.66. The van der Waals surface area contributed by atoms with Crippen molar-refractivity contribution in [3.05, 3.63) is 47.5 Å². The molecule has 3 atom stereocenters. The van der Waals surface area contributed by atoms with Gasteiger partial charge in [-0.3, -0.25) is 0 Å². The molecular formula is C15H16FN3O. The van der Waals surface area contributed by atoms with E-state index in [1.54, 1.807) is 4.68 Å². The number of aliphatic hydroxyl groups is 1. The summed E-state index contributed by atoms with van der Waals surface area (Å²) in [6.45, 7) is 0. The number of alkyl halides is 1. The first-order valence-electron chi connectivity index (χ1n) is 7.07. The number of hydrogen-bond donors (Lipinski definition) is 1. The van der Waals surface area contributed by atoms with Crippen LogP contribution in [0.15, 0.2) is 30.3 Å². The van der Waals surface area contributed by atoms with Crippen molar-refractivity contribution in [1.82, 2.24) is 14.8 Å². The number of rotatable bonds is 3. The Hall–Kier alpha value is -1.75. The molecule has 1 aliphatic heterocycles. The Bertz CT molecular complexity index is 623. The monoisotopic (exact) mass is 273 g/mol. The summed E-state index contributed by atoms with van der Waals surface area (Å²) in [5, 5.41) is 14.5. The topological polar surface area (TPSA) is 50.9 Å². The lowest BCUT2D eigenvalue weighted by Gasteiger charge is -2.12. The van der Waals surface area contributed by atoms with Gasteiger partial charge in [0.2, 0.25) is 0 Å². The SMILES string of the molecule is OC(c1nc2n(n1)[C@H](c1ccccc1)C[C@@H]2F)C1CC1. The van der Waals surface area contributed by atoms with Gasteiger partial charge in [-0.25, -0.2) is 14.1 Å². The van der Waals surface area contributed by atoms with Crippen molar-refractivity contribution in [1.29, 1.82) is 0 Å². The Morgan fingerprint density at radius 2 is 2.00 bits per heavy atom. The molecule has 1 aliphatic carbocycles. The molecule has 2 heterocycles. The quantitative estimate of drug-likeness (QED) is 0.935. The van der Waals surface area contributed by atoms with Gasteiger partial charge in [0, 0.05) is 6.42 Å². The summed E-state index contributed by atoms with van der Waals surface area (Å²) in [5.74, 6) is 0.991. The third-order valence-corrected chi connectivity index (χ3v) is 4.20. The van der Waals surface area contributed by atoms with E-state index in [2.05, 4.69) is 10.1 Å². The van der Waals surface area contributed by atoms with Gasteiger partial charge in [-0.2, -0.15) is 5.10 Å². The van der Waals surface area contributed by atoms with Gasteiger partial charge in [0.25, 0.3) is 0 Å². The van der Waals surface area contributed by atoms with Crippen LogP contribution in [0.1, 0.15) is 54.8 Å². The van der Waals surface area contributed by atoms with E-state index < -0.39 is 12.3 Å². The van der Waals surface area contributed by atoms with Gasteiger partial charge in [0.1, 0.15) is 6.10 Å². The average molecular weight is 273 g/mol. The molecular weight excluding hydrogens is 257 g/mol. The van der Waals surface area contributed by atoms with E-state index in [0.29, 0.717) is 18.1 Å². The molecule has 1 N–H and O–H groups in total. The molecule has 0 amide bonds. The first-order chi connectivity index (χ1) is 9.74. The molecule has 4 rings (SSSR count). The lowest BCUT2D eigenvalue weighted by atomic mass is 10.0. The van der Waals surface area contributed by atoms with Crippen LogP contribution < -0.4 is 0 Å². The number of aromatic nitrogens is 3. The largest absolute Gasteiger partial charge is 0.385 e. The van der Waals surface area contributed by atoms with Gasteiger partial charge < -0.3 is 5.11 Å². The maximum atomic E-state index is 14.1. The minimum Gasteiger partial charge on any atom is -0.385 e. The van der Waals surface area contributed by atoms with Crippen molar-refractivity contribution in [2.24, 2.45) is 5.92 Å². The minimum absolute atomic E-state index is 0.117. The van der Waals surface area contributed by atoms with Gasteiger partial charge >= 0.3 is 0 Å². The van der Waals surface area contributed by atoms with Crippen LogP contribution in [0.4, 0.5) is 4.39 Å². The molecule has 1 aromatic carbocycles. The summed E-state index contributed by atoms with van der Waals surface area (Å²) in [5.41, 5.74) is 1.03. The van der Waals surface area contributed by atoms with Crippen LogP contribution in [0.5, 0.6) is 0 Å². The highest BCUT2D eigenvalue weighted by Crippen LogP contribution is 2.43. The van der Waals surface area contributed by atoms with Crippen LogP contribution in [0, 0.1) is 5.92 Å². The zero-order valence-electron chi connectivity index (χ0n) is 11.0. The number of aliphatic hydroxyl groups excluding tert-OH is 1. The predicted molar refractivity (Wildman–Crippen MR) is 70.8 cm³/mol. The maximum absolute atomic E-state index is 14.1. The van der Waals surface area contributed by atoms with Crippen molar-refractivity contribution >= 4 is 0 Å². The second kappa shape index (κ2) is 4.38. The number of hydrogen-bond acceptors (Lipinski definition) is 3. The zero-order chi connectivity index (χ0) is 13.7. The van der Waals surface area contributed by atoms with E-state index >= 15 is 0 Å². The van der Waals surface area contributed by atoms with Crippen molar-refractivity contribution < 1.29 is 9.50 Å².